The van der Waals surface area contributed by atoms with Crippen LogP contribution in [0.2, 0.25) is 0 Å². The number of rotatable bonds is 7. The Balaban J connectivity index is 0.000000176. The largest absolute Gasteiger partial charge is 0.469 e. The predicted molar refractivity (Wildman–Crippen MR) is 278 cm³/mol. The number of carbonyl (C=O) groups excluding carboxylic acids is 2. The highest BCUT2D eigenvalue weighted by molar-refractivity contribution is 5.79. The Morgan fingerprint density at radius 2 is 0.873 bits per heavy atom. The summed E-state index contributed by atoms with van der Waals surface area (Å²) in [5.74, 6) is 3.80. The molecule has 0 amide bonds. The number of hydrogen-bond acceptors (Lipinski definition) is 9. The molecule has 0 heterocycles. The Morgan fingerprint density at radius 1 is 0.479 bits per heavy atom. The van der Waals surface area contributed by atoms with E-state index in [9.17, 15) is 35.1 Å². The maximum Gasteiger partial charge on any atom is 0.312 e. The highest BCUT2D eigenvalue weighted by Crippen LogP contribution is 2.80. The second kappa shape index (κ2) is 17.9. The van der Waals surface area contributed by atoms with Crippen molar-refractivity contribution in [1.82, 2.24) is 0 Å². The molecule has 10 saturated carbocycles. The van der Waals surface area contributed by atoms with Crippen LogP contribution < -0.4 is 0 Å². The van der Waals surface area contributed by atoms with Gasteiger partial charge in [-0.25, -0.2) is 0 Å². The molecular formula is C62H100O9. The van der Waals surface area contributed by atoms with Gasteiger partial charge in [0.25, 0.3) is 0 Å². The lowest BCUT2D eigenvalue weighted by molar-refractivity contribution is -0.254. The zero-order valence-corrected chi connectivity index (χ0v) is 46.5. The summed E-state index contributed by atoms with van der Waals surface area (Å²) in [6.45, 7) is 30.4. The summed E-state index contributed by atoms with van der Waals surface area (Å²) in [6.07, 6.45) is 19.5. The van der Waals surface area contributed by atoms with Gasteiger partial charge in [0.2, 0.25) is 0 Å². The van der Waals surface area contributed by atoms with Gasteiger partial charge in [0.05, 0.1) is 57.1 Å². The van der Waals surface area contributed by atoms with Crippen LogP contribution in [-0.2, 0) is 19.1 Å². The van der Waals surface area contributed by atoms with Gasteiger partial charge in [0.1, 0.15) is 0 Å². The maximum atomic E-state index is 13.4. The number of fused-ring (bicyclic) bond motifs is 14. The average molecular weight is 989 g/mol. The fraction of sp³-hybridized carbons (Fsp3) is 0.903. The number of esters is 2. The van der Waals surface area contributed by atoms with E-state index in [1.165, 1.54) is 25.5 Å². The third-order valence-corrected chi connectivity index (χ3v) is 27.7. The van der Waals surface area contributed by atoms with Crippen molar-refractivity contribution in [1.29, 1.82) is 0 Å². The van der Waals surface area contributed by atoms with Crippen molar-refractivity contribution in [3.8, 4) is 0 Å². The molecule has 0 bridgehead atoms. The summed E-state index contributed by atoms with van der Waals surface area (Å²) in [7, 11) is 3.11. The van der Waals surface area contributed by atoms with E-state index in [0.717, 1.165) is 121 Å². The second-order valence-corrected chi connectivity index (χ2v) is 29.1. The van der Waals surface area contributed by atoms with Crippen LogP contribution in [0.5, 0.6) is 0 Å². The van der Waals surface area contributed by atoms with Crippen molar-refractivity contribution in [2.24, 2.45) is 113 Å². The fourth-order valence-corrected chi connectivity index (χ4v) is 23.5. The fourth-order valence-electron chi connectivity index (χ4n) is 23.5. The number of hydrogen-bond donors (Lipinski definition) is 5. The molecule has 10 rings (SSSR count). The molecule has 0 spiro atoms. The summed E-state index contributed by atoms with van der Waals surface area (Å²) >= 11 is 0. The van der Waals surface area contributed by atoms with Crippen molar-refractivity contribution in [3.05, 3.63) is 24.3 Å². The minimum absolute atomic E-state index is 0.0104. The first-order chi connectivity index (χ1) is 33.2. The maximum absolute atomic E-state index is 13.4. The van der Waals surface area contributed by atoms with Gasteiger partial charge in [-0.2, -0.15) is 0 Å². The number of carbonyl (C=O) groups is 2. The monoisotopic (exact) mass is 989 g/mol. The first-order valence-corrected chi connectivity index (χ1v) is 28.9. The van der Waals surface area contributed by atoms with E-state index in [-0.39, 0.29) is 81.5 Å². The Bertz CT molecular complexity index is 2110. The van der Waals surface area contributed by atoms with Crippen LogP contribution in [0.3, 0.4) is 0 Å². The summed E-state index contributed by atoms with van der Waals surface area (Å²) in [5, 5.41) is 52.9. The molecule has 402 valence electrons. The van der Waals surface area contributed by atoms with E-state index >= 15 is 0 Å². The molecule has 9 nitrogen and oxygen atoms in total. The van der Waals surface area contributed by atoms with Gasteiger partial charge in [0.15, 0.2) is 0 Å². The predicted octanol–water partition coefficient (Wildman–Crippen LogP) is 11.3. The standard InChI is InChI=1S/C31H50O5.C31H50O4/c1-19(17-32)20-9-14-31(26(35)36-6)16-15-29(4)21(25(20)31)7-8-23-27(2)12-11-24(34)28(3,18-33)22(27)10-13-30(23,29)5;1-19(2)20-10-15-31(26(34)35-7)17-16-29(5)21(25(20)31)8-9-23-27(3)13-12-24(33)28(4,18-32)22(27)11-14-30(23,29)6/h20-25,32-34H,1,7-18H2,2-6H3;20-25,32-33H,1,8-18H2,2-7H3/t2*20-,21?,22?,23?,24-,25?,27-,28-,29+,30+,31-/m00/s1. The van der Waals surface area contributed by atoms with Crippen molar-refractivity contribution in [2.75, 3.05) is 34.0 Å². The topological polar surface area (TPSA) is 154 Å². The smallest absolute Gasteiger partial charge is 0.312 e. The van der Waals surface area contributed by atoms with Gasteiger partial charge >= 0.3 is 11.9 Å². The van der Waals surface area contributed by atoms with Crippen LogP contribution >= 0.6 is 0 Å². The van der Waals surface area contributed by atoms with E-state index in [1.54, 1.807) is 7.11 Å². The van der Waals surface area contributed by atoms with E-state index in [0.29, 0.717) is 47.3 Å². The van der Waals surface area contributed by atoms with E-state index < -0.39 is 28.5 Å². The molecule has 9 heteroatoms. The highest BCUT2D eigenvalue weighted by Gasteiger charge is 2.75. The minimum Gasteiger partial charge on any atom is -0.469 e. The van der Waals surface area contributed by atoms with Gasteiger partial charge < -0.3 is 35.0 Å². The van der Waals surface area contributed by atoms with Crippen molar-refractivity contribution < 1.29 is 44.6 Å². The molecule has 10 aliphatic carbocycles. The van der Waals surface area contributed by atoms with E-state index in [4.69, 9.17) is 9.47 Å². The van der Waals surface area contributed by atoms with Crippen LogP contribution in [0.15, 0.2) is 24.3 Å². The van der Waals surface area contributed by atoms with Gasteiger partial charge in [-0.3, -0.25) is 9.59 Å². The SMILES string of the molecule is C=C(C)[C@@H]1CC[C@]2(C(=O)OC)CC[C@]3(C)C(CCC4[C@@]5(C)CC[C@H](O)[C@@](C)(CO)C5CC[C@]43C)C12.C=C(CO)[C@@H]1CC[C@]2(C(=O)OC)CC[C@]3(C)C(CCC4[C@@]5(C)CC[C@H](O)[C@@](C)(CO)C5CC[C@]43C)C12. The normalized spacial score (nSPS) is 54.6. The average Bonchev–Trinajstić information content (AvgIpc) is 3.95. The Labute approximate surface area is 429 Å². The number of allylic oxidation sites excluding steroid dienone is 1. The molecule has 22 atom stereocenters. The molecule has 0 aromatic carbocycles. The molecule has 10 aliphatic rings. The van der Waals surface area contributed by atoms with Crippen LogP contribution in [0.1, 0.15) is 191 Å². The quantitative estimate of drug-likeness (QED) is 0.124. The summed E-state index contributed by atoms with van der Waals surface area (Å²) < 4.78 is 10.9. The number of methoxy groups -OCH3 is 2. The van der Waals surface area contributed by atoms with Crippen LogP contribution in [0.25, 0.3) is 0 Å². The molecule has 8 unspecified atom stereocenters. The zero-order chi connectivity index (χ0) is 51.9. The van der Waals surface area contributed by atoms with Crippen LogP contribution in [0, 0.1) is 113 Å². The molecule has 0 aromatic rings. The lowest BCUT2D eigenvalue weighted by Gasteiger charge is -2.72. The van der Waals surface area contributed by atoms with Gasteiger partial charge in [-0.05, 0) is 233 Å². The third-order valence-electron chi connectivity index (χ3n) is 27.7. The van der Waals surface area contributed by atoms with Gasteiger partial charge in [-0.1, -0.05) is 74.1 Å². The van der Waals surface area contributed by atoms with Crippen molar-refractivity contribution in [2.45, 2.75) is 203 Å². The Morgan fingerprint density at radius 3 is 1.24 bits per heavy atom. The first-order valence-electron chi connectivity index (χ1n) is 28.9. The van der Waals surface area contributed by atoms with Gasteiger partial charge in [-0.15, -0.1) is 0 Å². The summed E-state index contributed by atoms with van der Waals surface area (Å²) in [5.41, 5.74) is 1.34. The van der Waals surface area contributed by atoms with Crippen LogP contribution in [-0.4, -0.2) is 83.7 Å². The number of aliphatic hydroxyl groups excluding tert-OH is 5. The van der Waals surface area contributed by atoms with Crippen molar-refractivity contribution in [3.63, 3.8) is 0 Å². The summed E-state index contributed by atoms with van der Waals surface area (Å²) in [4.78, 5) is 26.7. The Kier molecular flexibility index (Phi) is 13.6. The van der Waals surface area contributed by atoms with E-state index in [2.05, 4.69) is 75.5 Å². The molecule has 0 aromatic heterocycles. The lowest BCUT2D eigenvalue weighted by atomic mass is 9.32. The molecule has 0 saturated heterocycles. The number of ether oxygens (including phenoxy) is 2. The number of aliphatic hydroxyl groups is 5. The summed E-state index contributed by atoms with van der Waals surface area (Å²) in [6, 6.07) is 0. The zero-order valence-electron chi connectivity index (χ0n) is 46.5. The Hall–Kier alpha value is -1.78. The molecule has 0 radical (unpaired) electrons. The minimum atomic E-state index is -0.448. The lowest BCUT2D eigenvalue weighted by Crippen LogP contribution is -2.67. The molecule has 10 fully saturated rings. The molecule has 71 heavy (non-hydrogen) atoms. The first kappa shape index (κ1) is 54.0. The second-order valence-electron chi connectivity index (χ2n) is 29.1. The highest BCUT2D eigenvalue weighted by atomic mass is 16.5. The van der Waals surface area contributed by atoms with Gasteiger partial charge in [0, 0.05) is 10.8 Å². The molecular weight excluding hydrogens is 889 g/mol. The van der Waals surface area contributed by atoms with E-state index in [1.807, 2.05) is 0 Å². The third kappa shape index (κ3) is 6.90. The molecule has 5 N–H and O–H groups in total. The van der Waals surface area contributed by atoms with Crippen LogP contribution in [0.4, 0.5) is 0 Å². The molecule has 0 aliphatic heterocycles. The van der Waals surface area contributed by atoms with Crippen molar-refractivity contribution >= 4 is 11.9 Å².